The standard InChI is InChI=1S/C25H26N2O5S/c1-14(17-11-22(29)26-12-17)32-21-10-16(8-19-23(21)33-13-27-19)15-4-5-18(20(28)9-15)25(24(30)31)6-2-3-7-25/h4-5,8-10,13-14,17,28H,2-3,6-7,11-12H2,1H3,(H,26,29)(H,30,31). The van der Waals surface area contributed by atoms with Gasteiger partial charge in [0.15, 0.2) is 0 Å². The van der Waals surface area contributed by atoms with Crippen molar-refractivity contribution in [1.29, 1.82) is 0 Å². The van der Waals surface area contributed by atoms with Crippen LogP contribution in [0.2, 0.25) is 0 Å². The summed E-state index contributed by atoms with van der Waals surface area (Å²) in [6, 6.07) is 9.12. The maximum atomic E-state index is 12.1. The number of nitrogens with one attached hydrogen (secondary N) is 1. The number of amides is 1. The van der Waals surface area contributed by atoms with E-state index in [2.05, 4.69) is 10.3 Å². The van der Waals surface area contributed by atoms with Crippen molar-refractivity contribution in [3.8, 4) is 22.6 Å². The number of carboxylic acid groups (broad SMARTS) is 1. The van der Waals surface area contributed by atoms with E-state index in [1.807, 2.05) is 25.1 Å². The maximum absolute atomic E-state index is 12.1. The van der Waals surface area contributed by atoms with Gasteiger partial charge in [0.1, 0.15) is 17.6 Å². The highest BCUT2D eigenvalue weighted by molar-refractivity contribution is 7.17. The molecule has 5 rings (SSSR count). The van der Waals surface area contributed by atoms with Crippen molar-refractivity contribution >= 4 is 33.4 Å². The van der Waals surface area contributed by atoms with Crippen molar-refractivity contribution in [3.63, 3.8) is 0 Å². The van der Waals surface area contributed by atoms with Gasteiger partial charge in [0, 0.05) is 24.4 Å². The minimum atomic E-state index is -1.02. The topological polar surface area (TPSA) is 109 Å². The van der Waals surface area contributed by atoms with E-state index in [1.165, 1.54) is 11.3 Å². The third kappa shape index (κ3) is 3.82. The Morgan fingerprint density at radius 3 is 2.70 bits per heavy atom. The molecule has 172 valence electrons. The molecule has 0 bridgehead atoms. The average Bonchev–Trinajstić information content (AvgIpc) is 3.54. The van der Waals surface area contributed by atoms with E-state index >= 15 is 0 Å². The first-order valence-corrected chi connectivity index (χ1v) is 12.1. The molecule has 7 nitrogen and oxygen atoms in total. The highest BCUT2D eigenvalue weighted by Gasteiger charge is 2.44. The quantitative estimate of drug-likeness (QED) is 0.495. The number of hydrogen-bond donors (Lipinski definition) is 3. The van der Waals surface area contributed by atoms with E-state index in [0.717, 1.165) is 34.2 Å². The van der Waals surface area contributed by atoms with Crippen LogP contribution >= 0.6 is 11.3 Å². The van der Waals surface area contributed by atoms with E-state index in [-0.39, 0.29) is 23.7 Å². The summed E-state index contributed by atoms with van der Waals surface area (Å²) in [5, 5.41) is 23.6. The van der Waals surface area contributed by atoms with Crippen molar-refractivity contribution in [1.82, 2.24) is 10.3 Å². The predicted molar refractivity (Wildman–Crippen MR) is 126 cm³/mol. The smallest absolute Gasteiger partial charge is 0.314 e. The molecule has 0 radical (unpaired) electrons. The zero-order valence-corrected chi connectivity index (χ0v) is 19.2. The maximum Gasteiger partial charge on any atom is 0.314 e. The number of carbonyl (C=O) groups is 2. The van der Waals surface area contributed by atoms with Gasteiger partial charge in [0.25, 0.3) is 0 Å². The zero-order chi connectivity index (χ0) is 23.2. The summed E-state index contributed by atoms with van der Waals surface area (Å²) in [6.45, 7) is 2.57. The number of aromatic hydroxyl groups is 1. The lowest BCUT2D eigenvalue weighted by Crippen LogP contribution is -2.32. The summed E-state index contributed by atoms with van der Waals surface area (Å²) in [7, 11) is 0. The summed E-state index contributed by atoms with van der Waals surface area (Å²) in [5.74, 6) is -0.0357. The van der Waals surface area contributed by atoms with E-state index < -0.39 is 11.4 Å². The fraction of sp³-hybridized carbons (Fsp3) is 0.400. The fourth-order valence-corrected chi connectivity index (χ4v) is 5.87. The van der Waals surface area contributed by atoms with Crippen molar-refractivity contribution < 1.29 is 24.5 Å². The van der Waals surface area contributed by atoms with Gasteiger partial charge in [-0.3, -0.25) is 9.59 Å². The van der Waals surface area contributed by atoms with Crippen molar-refractivity contribution in [3.05, 3.63) is 41.4 Å². The van der Waals surface area contributed by atoms with Gasteiger partial charge in [0.2, 0.25) is 5.91 Å². The highest BCUT2D eigenvalue weighted by Crippen LogP contribution is 2.46. The molecule has 3 N–H and O–H groups in total. The molecular weight excluding hydrogens is 440 g/mol. The Morgan fingerprint density at radius 1 is 1.24 bits per heavy atom. The molecule has 2 heterocycles. The van der Waals surface area contributed by atoms with Gasteiger partial charge in [-0.05, 0) is 49.1 Å². The van der Waals surface area contributed by atoms with Gasteiger partial charge in [-0.25, -0.2) is 4.98 Å². The van der Waals surface area contributed by atoms with Gasteiger partial charge in [-0.2, -0.15) is 0 Å². The second-order valence-electron chi connectivity index (χ2n) is 9.09. The third-order valence-electron chi connectivity index (χ3n) is 7.10. The summed E-state index contributed by atoms with van der Waals surface area (Å²) < 4.78 is 7.23. The molecule has 2 aromatic carbocycles. The second kappa shape index (κ2) is 8.33. The Morgan fingerprint density at radius 2 is 2.03 bits per heavy atom. The van der Waals surface area contributed by atoms with Crippen molar-refractivity contribution in [2.24, 2.45) is 5.92 Å². The number of benzene rings is 2. The largest absolute Gasteiger partial charge is 0.508 e. The molecule has 0 spiro atoms. The van der Waals surface area contributed by atoms with Crippen molar-refractivity contribution in [2.75, 3.05) is 6.54 Å². The van der Waals surface area contributed by atoms with Crippen LogP contribution in [-0.4, -0.2) is 39.7 Å². The first-order chi connectivity index (χ1) is 15.9. The number of ether oxygens (including phenoxy) is 1. The van der Waals surface area contributed by atoms with Crippen LogP contribution in [0.4, 0.5) is 0 Å². The highest BCUT2D eigenvalue weighted by atomic mass is 32.1. The van der Waals surface area contributed by atoms with Crippen LogP contribution in [0, 0.1) is 5.92 Å². The van der Waals surface area contributed by atoms with Crippen molar-refractivity contribution in [2.45, 2.75) is 50.5 Å². The number of carboxylic acids is 1. The molecule has 2 unspecified atom stereocenters. The summed E-state index contributed by atoms with van der Waals surface area (Å²) in [6.07, 6.45) is 3.05. The Bertz CT molecular complexity index is 1230. The van der Waals surface area contributed by atoms with E-state index in [9.17, 15) is 19.8 Å². The van der Waals surface area contributed by atoms with Crippen LogP contribution in [0.15, 0.2) is 35.8 Å². The van der Waals surface area contributed by atoms with Gasteiger partial charge in [-0.1, -0.05) is 25.0 Å². The number of carbonyl (C=O) groups excluding carboxylic acids is 1. The second-order valence-corrected chi connectivity index (χ2v) is 9.95. The SMILES string of the molecule is CC(Oc1cc(-c2ccc(C3(C(=O)O)CCCC3)c(O)c2)cc2ncsc12)C1CNC(=O)C1. The molecule has 2 fully saturated rings. The van der Waals surface area contributed by atoms with Crippen LogP contribution in [0.25, 0.3) is 21.3 Å². The molecule has 2 aliphatic rings. The van der Waals surface area contributed by atoms with Crippen LogP contribution in [0.3, 0.4) is 0 Å². The van der Waals surface area contributed by atoms with Crippen LogP contribution in [0.5, 0.6) is 11.5 Å². The average molecular weight is 467 g/mol. The lowest BCUT2D eigenvalue weighted by atomic mass is 9.78. The number of thiazole rings is 1. The van der Waals surface area contributed by atoms with E-state index in [0.29, 0.717) is 37.1 Å². The number of phenols is 1. The Balaban J connectivity index is 1.49. The Hall–Kier alpha value is -3.13. The molecule has 2 atom stereocenters. The minimum Gasteiger partial charge on any atom is -0.508 e. The van der Waals surface area contributed by atoms with E-state index in [1.54, 1.807) is 17.6 Å². The fourth-order valence-electron chi connectivity index (χ4n) is 5.14. The lowest BCUT2D eigenvalue weighted by Gasteiger charge is -2.25. The van der Waals surface area contributed by atoms with Gasteiger partial charge in [0.05, 0.1) is 21.1 Å². The number of aromatic nitrogens is 1. The molecular formula is C25H26N2O5S. The summed E-state index contributed by atoms with van der Waals surface area (Å²) in [4.78, 5) is 28.1. The van der Waals surface area contributed by atoms with Gasteiger partial charge < -0.3 is 20.3 Å². The van der Waals surface area contributed by atoms with Gasteiger partial charge >= 0.3 is 5.97 Å². The molecule has 1 amide bonds. The molecule has 8 heteroatoms. The number of nitrogens with zero attached hydrogens (tertiary/aromatic N) is 1. The number of hydrogen-bond acceptors (Lipinski definition) is 6. The normalized spacial score (nSPS) is 20.6. The Labute approximate surface area is 195 Å². The number of fused-ring (bicyclic) bond motifs is 1. The van der Waals surface area contributed by atoms with Crippen LogP contribution < -0.4 is 10.1 Å². The molecule has 3 aromatic rings. The van der Waals surface area contributed by atoms with Gasteiger partial charge in [-0.15, -0.1) is 11.3 Å². The minimum absolute atomic E-state index is 0.00144. The molecule has 1 saturated heterocycles. The number of rotatable bonds is 6. The van der Waals surface area contributed by atoms with Crippen LogP contribution in [0.1, 0.15) is 44.6 Å². The Kier molecular flexibility index (Phi) is 5.48. The molecule has 1 aromatic heterocycles. The zero-order valence-electron chi connectivity index (χ0n) is 18.3. The summed E-state index contributed by atoms with van der Waals surface area (Å²) in [5.41, 5.74) is 3.62. The summed E-state index contributed by atoms with van der Waals surface area (Å²) >= 11 is 1.49. The van der Waals surface area contributed by atoms with Crippen LogP contribution in [-0.2, 0) is 15.0 Å². The third-order valence-corrected chi connectivity index (χ3v) is 7.95. The first kappa shape index (κ1) is 21.7. The number of phenolic OH excluding ortho intramolecular Hbond substituents is 1. The predicted octanol–water partition coefficient (Wildman–Crippen LogP) is 4.47. The molecule has 1 aliphatic carbocycles. The first-order valence-electron chi connectivity index (χ1n) is 11.3. The monoisotopic (exact) mass is 466 g/mol. The molecule has 1 aliphatic heterocycles. The molecule has 33 heavy (non-hydrogen) atoms. The van der Waals surface area contributed by atoms with E-state index in [4.69, 9.17) is 4.74 Å². The molecule has 1 saturated carbocycles. The lowest BCUT2D eigenvalue weighted by molar-refractivity contribution is -0.143. The number of aliphatic carboxylic acids is 1.